The molecule has 270 valence electrons. The molecule has 0 aromatic heterocycles. The number of carboxylic acids is 2. The molecule has 0 aromatic carbocycles. The van der Waals surface area contributed by atoms with Crippen molar-refractivity contribution in [3.63, 3.8) is 0 Å². The second-order valence-corrected chi connectivity index (χ2v) is 13.6. The van der Waals surface area contributed by atoms with E-state index in [4.69, 9.17) is 0 Å². The van der Waals surface area contributed by atoms with Gasteiger partial charge in [0.2, 0.25) is 0 Å². The van der Waals surface area contributed by atoms with E-state index in [9.17, 15) is 19.8 Å². The molecule has 0 radical (unpaired) electrons. The normalized spacial score (nSPS) is 12.0. The molecule has 0 saturated carbocycles. The van der Waals surface area contributed by atoms with Gasteiger partial charge in [-0.1, -0.05) is 194 Å². The summed E-state index contributed by atoms with van der Waals surface area (Å²) in [6.45, 7) is 7.03. The van der Waals surface area contributed by atoms with Gasteiger partial charge in [0.15, 0.2) is 0 Å². The first kappa shape index (κ1) is 50.0. The number of nitrogens with one attached hydrogen (secondary N) is 1. The number of aliphatic carboxylic acids is 2. The predicted molar refractivity (Wildman–Crippen MR) is 197 cm³/mol. The van der Waals surface area contributed by atoms with Crippen molar-refractivity contribution in [1.29, 1.82) is 0 Å². The molecule has 1 N–H and O–H groups in total. The molecule has 1 aliphatic heterocycles. The van der Waals surface area contributed by atoms with E-state index in [-0.39, 0.29) is 35.9 Å². The number of unbranched alkanes of at least 4 members (excludes halogenated alkanes) is 28. The summed E-state index contributed by atoms with van der Waals surface area (Å²) in [6, 6.07) is 0. The predicted octanol–water partition coefficient (Wildman–Crippen LogP) is 9.98. The fraction of sp³-hybridized carbons (Fsp3) is 0.950. The third-order valence-corrected chi connectivity index (χ3v) is 8.93. The summed E-state index contributed by atoms with van der Waals surface area (Å²) >= 11 is 0. The summed E-state index contributed by atoms with van der Waals surface area (Å²) < 4.78 is 0. The molecule has 1 fully saturated rings. The van der Waals surface area contributed by atoms with Crippen LogP contribution in [0.25, 0.3) is 0 Å². The van der Waals surface area contributed by atoms with E-state index >= 15 is 0 Å². The number of hydrogen-bond donors (Lipinski definition) is 1. The van der Waals surface area contributed by atoms with Gasteiger partial charge < -0.3 is 25.1 Å². The van der Waals surface area contributed by atoms with E-state index in [1.54, 1.807) is 0 Å². The average Bonchev–Trinajstić information content (AvgIpc) is 3.62. The molecule has 0 atom stereocenters. The van der Waals surface area contributed by atoms with Crippen molar-refractivity contribution < 1.29 is 19.8 Å². The van der Waals surface area contributed by atoms with Crippen LogP contribution >= 0.6 is 0 Å². The largest absolute Gasteiger partial charge is 2.00 e. The Labute approximate surface area is 304 Å². The Hall–Kier alpha value is -0.334. The number of hydrogen-bond acceptors (Lipinski definition) is 5. The van der Waals surface area contributed by atoms with Crippen LogP contribution in [0.3, 0.4) is 0 Å². The summed E-state index contributed by atoms with van der Waals surface area (Å²) in [4.78, 5) is 20.4. The Morgan fingerprint density at radius 3 is 0.739 bits per heavy atom. The fourth-order valence-electron chi connectivity index (χ4n) is 5.91. The van der Waals surface area contributed by atoms with Crippen molar-refractivity contribution >= 4 is 35.0 Å². The zero-order valence-electron chi connectivity index (χ0n) is 31.3. The Morgan fingerprint density at radius 1 is 0.391 bits per heavy atom. The molecule has 1 aliphatic rings. The van der Waals surface area contributed by atoms with Crippen LogP contribution in [0.2, 0.25) is 0 Å². The first-order valence-corrected chi connectivity index (χ1v) is 20.1. The van der Waals surface area contributed by atoms with Gasteiger partial charge in [-0.15, -0.1) is 0 Å². The molecule has 1 rings (SSSR count). The van der Waals surface area contributed by atoms with E-state index in [1.165, 1.54) is 193 Å². The van der Waals surface area contributed by atoms with Gasteiger partial charge in [-0.3, -0.25) is 0 Å². The van der Waals surface area contributed by atoms with Crippen LogP contribution in [0.4, 0.5) is 0 Å². The van der Waals surface area contributed by atoms with Crippen LogP contribution in [0.1, 0.15) is 232 Å². The molecule has 0 spiro atoms. The number of rotatable bonds is 32. The molecule has 0 amide bonds. The molecule has 1 saturated heterocycles. The van der Waals surface area contributed by atoms with Gasteiger partial charge in [0.25, 0.3) is 0 Å². The van der Waals surface area contributed by atoms with E-state index in [2.05, 4.69) is 19.2 Å². The number of carbonyl (C=O) groups is 2. The third kappa shape index (κ3) is 53.2. The van der Waals surface area contributed by atoms with Crippen LogP contribution in [-0.2, 0) is 9.59 Å². The monoisotopic (exact) mass is 662 g/mol. The summed E-state index contributed by atoms with van der Waals surface area (Å²) in [7, 11) is 0. The summed E-state index contributed by atoms with van der Waals surface area (Å²) in [6.07, 6.45) is 42.5. The smallest absolute Gasteiger partial charge is 0.550 e. The van der Waals surface area contributed by atoms with Crippen molar-refractivity contribution in [2.24, 2.45) is 0 Å². The molecule has 0 bridgehead atoms. The Kier molecular flexibility index (Phi) is 50.9. The first-order valence-electron chi connectivity index (χ1n) is 20.1. The van der Waals surface area contributed by atoms with Crippen molar-refractivity contribution in [2.45, 2.75) is 232 Å². The van der Waals surface area contributed by atoms with Crippen LogP contribution in [0, 0.1) is 0 Å². The van der Waals surface area contributed by atoms with Gasteiger partial charge in [0.1, 0.15) is 0 Å². The van der Waals surface area contributed by atoms with Crippen LogP contribution in [0.15, 0.2) is 0 Å². The zero-order chi connectivity index (χ0) is 33.3. The minimum absolute atomic E-state index is 0. The minimum atomic E-state index is -0.903. The molecule has 0 aliphatic carbocycles. The molecular formula is C40H79MgNO4. The molecule has 6 heteroatoms. The molecule has 46 heavy (non-hydrogen) atoms. The van der Waals surface area contributed by atoms with Crippen LogP contribution in [-0.4, -0.2) is 48.1 Å². The fourth-order valence-corrected chi connectivity index (χ4v) is 5.91. The van der Waals surface area contributed by atoms with Gasteiger partial charge in [0, 0.05) is 11.9 Å². The van der Waals surface area contributed by atoms with E-state index in [1.807, 2.05) is 0 Å². The van der Waals surface area contributed by atoms with Gasteiger partial charge >= 0.3 is 23.1 Å². The molecule has 0 aromatic rings. The quantitative estimate of drug-likeness (QED) is 0.0572. The first-order chi connectivity index (χ1) is 22.0. The number of carboxylic acid groups (broad SMARTS) is 2. The van der Waals surface area contributed by atoms with Crippen molar-refractivity contribution in [3.05, 3.63) is 0 Å². The second kappa shape index (κ2) is 46.8. The summed E-state index contributed by atoms with van der Waals surface area (Å²) in [5, 5.41) is 23.7. The summed E-state index contributed by atoms with van der Waals surface area (Å²) in [5.41, 5.74) is 0. The van der Waals surface area contributed by atoms with E-state index < -0.39 is 11.9 Å². The van der Waals surface area contributed by atoms with E-state index in [0.29, 0.717) is 0 Å². The van der Waals surface area contributed by atoms with Crippen LogP contribution < -0.4 is 15.5 Å². The molecule has 5 nitrogen and oxygen atoms in total. The molecular weight excluding hydrogens is 583 g/mol. The Morgan fingerprint density at radius 2 is 0.587 bits per heavy atom. The topological polar surface area (TPSA) is 92.3 Å². The zero-order valence-corrected chi connectivity index (χ0v) is 32.7. The van der Waals surface area contributed by atoms with Crippen molar-refractivity contribution in [1.82, 2.24) is 5.32 Å². The van der Waals surface area contributed by atoms with Gasteiger partial charge in [0.05, 0.1) is 0 Å². The SMILES string of the molecule is C1CCNC1.CCCCCCCCCCCCCCCCCC(=O)[O-].CCCCCCCCCCCCCCCCCC(=O)[O-].[Mg+2]. The second-order valence-electron chi connectivity index (χ2n) is 13.6. The molecule has 1 heterocycles. The van der Waals surface area contributed by atoms with Crippen LogP contribution in [0.5, 0.6) is 0 Å². The molecule has 0 unspecified atom stereocenters. The van der Waals surface area contributed by atoms with Gasteiger partial charge in [-0.2, -0.15) is 0 Å². The maximum atomic E-state index is 10.2. The third-order valence-electron chi connectivity index (χ3n) is 8.93. The maximum Gasteiger partial charge on any atom is 2.00 e. The van der Waals surface area contributed by atoms with Gasteiger partial charge in [-0.05, 0) is 51.6 Å². The van der Waals surface area contributed by atoms with Gasteiger partial charge in [-0.25, -0.2) is 0 Å². The van der Waals surface area contributed by atoms with Crippen molar-refractivity contribution in [3.8, 4) is 0 Å². The standard InChI is InChI=1S/2C18H36O2.C4H9N.Mg/c2*1-2-3-4-5-6-7-8-9-10-11-12-13-14-15-16-17-18(19)20;1-2-4-5-3-1;/h2*2-17H2,1H3,(H,19,20);5H,1-4H2;/q;;;+2/p-2. The maximum absolute atomic E-state index is 10.2. The summed E-state index contributed by atoms with van der Waals surface area (Å²) in [5.74, 6) is -1.81. The Bertz CT molecular complexity index is 520. The van der Waals surface area contributed by atoms with E-state index in [0.717, 1.165) is 25.7 Å². The minimum Gasteiger partial charge on any atom is -0.550 e. The number of carbonyl (C=O) groups excluding carboxylic acids is 2. The Balaban J connectivity index is -0.000000681. The van der Waals surface area contributed by atoms with Crippen molar-refractivity contribution in [2.75, 3.05) is 13.1 Å². The average molecular weight is 662 g/mol.